The van der Waals surface area contributed by atoms with Crippen LogP contribution in [0.15, 0.2) is 12.1 Å². The molecule has 0 fully saturated rings. The summed E-state index contributed by atoms with van der Waals surface area (Å²) in [5.74, 6) is 0.00495. The van der Waals surface area contributed by atoms with E-state index in [9.17, 15) is 4.79 Å². The van der Waals surface area contributed by atoms with Crippen LogP contribution in [0.4, 0.5) is 0 Å². The molecule has 5 heteroatoms. The molecule has 72 valence electrons. The fraction of sp³-hybridized carbons (Fsp3) is 0.375. The van der Waals surface area contributed by atoms with Crippen molar-refractivity contribution in [2.45, 2.75) is 0 Å². The lowest BCUT2D eigenvalue weighted by Gasteiger charge is -1.98. The van der Waals surface area contributed by atoms with Crippen molar-refractivity contribution >= 4 is 28.7 Å². The molecule has 0 aromatic carbocycles. The van der Waals surface area contributed by atoms with Crippen molar-refractivity contribution in [1.82, 2.24) is 5.32 Å². The zero-order chi connectivity index (χ0) is 9.68. The fourth-order valence-electron chi connectivity index (χ4n) is 0.832. The van der Waals surface area contributed by atoms with E-state index in [1.54, 1.807) is 12.1 Å². The lowest BCUT2D eigenvalue weighted by atomic mass is 10.3. The molecule has 1 aromatic heterocycles. The maximum Gasteiger partial charge on any atom is 0.186 e. The number of carbonyl (C=O) groups is 1. The molecule has 0 saturated carbocycles. The number of Topliss-reactive ketones (excluding diaryl/α,β-unsaturated/α-hetero) is 1. The molecule has 0 saturated heterocycles. The van der Waals surface area contributed by atoms with E-state index in [4.69, 9.17) is 16.7 Å². The van der Waals surface area contributed by atoms with Crippen LogP contribution in [0.3, 0.4) is 0 Å². The van der Waals surface area contributed by atoms with Crippen LogP contribution in [0.5, 0.6) is 0 Å². The first kappa shape index (κ1) is 10.7. The van der Waals surface area contributed by atoms with Gasteiger partial charge in [0.25, 0.3) is 0 Å². The highest BCUT2D eigenvalue weighted by molar-refractivity contribution is 7.18. The zero-order valence-electron chi connectivity index (χ0n) is 6.92. The summed E-state index contributed by atoms with van der Waals surface area (Å²) in [5.41, 5.74) is 0. The molecule has 0 bridgehead atoms. The number of thiophene rings is 1. The molecule has 1 rings (SSSR count). The van der Waals surface area contributed by atoms with E-state index in [0.29, 0.717) is 15.8 Å². The van der Waals surface area contributed by atoms with Gasteiger partial charge >= 0.3 is 0 Å². The molecule has 13 heavy (non-hydrogen) atoms. The Hall–Kier alpha value is -0.420. The summed E-state index contributed by atoms with van der Waals surface area (Å²) >= 11 is 6.94. The van der Waals surface area contributed by atoms with Crippen molar-refractivity contribution in [3.8, 4) is 0 Å². The van der Waals surface area contributed by atoms with Gasteiger partial charge in [-0.2, -0.15) is 0 Å². The van der Waals surface area contributed by atoms with Gasteiger partial charge in [-0.3, -0.25) is 4.79 Å². The average molecular weight is 220 g/mol. The summed E-state index contributed by atoms with van der Waals surface area (Å²) < 4.78 is 0.616. The summed E-state index contributed by atoms with van der Waals surface area (Å²) in [6.07, 6.45) is 0. The molecule has 0 aliphatic rings. The van der Waals surface area contributed by atoms with Crippen LogP contribution in [0.2, 0.25) is 4.34 Å². The molecular weight excluding hydrogens is 210 g/mol. The number of rotatable bonds is 5. The van der Waals surface area contributed by atoms with Gasteiger partial charge in [0.1, 0.15) is 0 Å². The SMILES string of the molecule is O=C(CNCCO)c1ccc(Cl)s1. The van der Waals surface area contributed by atoms with Crippen LogP contribution in [-0.4, -0.2) is 30.6 Å². The Morgan fingerprint density at radius 2 is 2.38 bits per heavy atom. The Morgan fingerprint density at radius 1 is 1.62 bits per heavy atom. The van der Waals surface area contributed by atoms with Gasteiger partial charge in [0, 0.05) is 6.54 Å². The Kier molecular flexibility index (Phi) is 4.38. The van der Waals surface area contributed by atoms with Crippen molar-refractivity contribution < 1.29 is 9.90 Å². The third-order valence-corrected chi connectivity index (χ3v) is 2.69. The van der Waals surface area contributed by atoms with Gasteiger partial charge in [-0.15, -0.1) is 11.3 Å². The molecule has 2 N–H and O–H groups in total. The van der Waals surface area contributed by atoms with Gasteiger partial charge in [-0.05, 0) is 12.1 Å². The third kappa shape index (κ3) is 3.44. The van der Waals surface area contributed by atoms with E-state index in [1.807, 2.05) is 0 Å². The molecule has 0 radical (unpaired) electrons. The van der Waals surface area contributed by atoms with E-state index in [1.165, 1.54) is 11.3 Å². The highest BCUT2D eigenvalue weighted by atomic mass is 35.5. The number of aliphatic hydroxyl groups excluding tert-OH is 1. The average Bonchev–Trinajstić information content (AvgIpc) is 2.52. The normalized spacial score (nSPS) is 10.3. The lowest BCUT2D eigenvalue weighted by molar-refractivity contribution is 0.0993. The second kappa shape index (κ2) is 5.34. The van der Waals surface area contributed by atoms with Crippen LogP contribution >= 0.6 is 22.9 Å². The van der Waals surface area contributed by atoms with Gasteiger partial charge in [0.15, 0.2) is 5.78 Å². The van der Waals surface area contributed by atoms with E-state index in [-0.39, 0.29) is 18.9 Å². The predicted octanol–water partition coefficient (Wildman–Crippen LogP) is 1.17. The molecule has 0 aliphatic carbocycles. The van der Waals surface area contributed by atoms with Crippen LogP contribution in [0, 0.1) is 0 Å². The topological polar surface area (TPSA) is 49.3 Å². The Balaban J connectivity index is 2.40. The number of halogens is 1. The first-order chi connectivity index (χ1) is 6.24. The minimum atomic E-state index is 0.00495. The summed E-state index contributed by atoms with van der Waals surface area (Å²) in [4.78, 5) is 12.0. The summed E-state index contributed by atoms with van der Waals surface area (Å²) in [6.45, 7) is 0.723. The molecule has 1 aromatic rings. The van der Waals surface area contributed by atoms with E-state index >= 15 is 0 Å². The van der Waals surface area contributed by atoms with E-state index < -0.39 is 0 Å². The molecule has 1 heterocycles. The van der Waals surface area contributed by atoms with Crippen molar-refractivity contribution in [3.05, 3.63) is 21.3 Å². The number of nitrogens with one attached hydrogen (secondary N) is 1. The molecular formula is C8H10ClNO2S. The Morgan fingerprint density at radius 3 is 2.92 bits per heavy atom. The monoisotopic (exact) mass is 219 g/mol. The fourth-order valence-corrected chi connectivity index (χ4v) is 1.81. The van der Waals surface area contributed by atoms with Crippen molar-refractivity contribution in [2.24, 2.45) is 0 Å². The van der Waals surface area contributed by atoms with Gasteiger partial charge in [0.05, 0.1) is 22.4 Å². The van der Waals surface area contributed by atoms with E-state index in [0.717, 1.165) is 0 Å². The van der Waals surface area contributed by atoms with Crippen molar-refractivity contribution in [2.75, 3.05) is 19.7 Å². The molecule has 0 aliphatic heterocycles. The quantitative estimate of drug-likeness (QED) is 0.577. The first-order valence-corrected chi connectivity index (χ1v) is 5.03. The molecule has 0 unspecified atom stereocenters. The van der Waals surface area contributed by atoms with Gasteiger partial charge < -0.3 is 10.4 Å². The first-order valence-electron chi connectivity index (χ1n) is 3.84. The van der Waals surface area contributed by atoms with Gasteiger partial charge in [-0.25, -0.2) is 0 Å². The second-order valence-electron chi connectivity index (χ2n) is 2.43. The standard InChI is InChI=1S/C8H10ClNO2S/c9-8-2-1-7(13-8)6(12)5-10-3-4-11/h1-2,10-11H,3-5H2. The number of carbonyl (C=O) groups excluding carboxylic acids is 1. The lowest BCUT2D eigenvalue weighted by Crippen LogP contribution is -2.25. The van der Waals surface area contributed by atoms with Gasteiger partial charge in [-0.1, -0.05) is 11.6 Å². The zero-order valence-corrected chi connectivity index (χ0v) is 8.49. The van der Waals surface area contributed by atoms with Crippen molar-refractivity contribution in [3.63, 3.8) is 0 Å². The maximum absolute atomic E-state index is 11.3. The van der Waals surface area contributed by atoms with E-state index in [2.05, 4.69) is 5.32 Å². The predicted molar refractivity (Wildman–Crippen MR) is 53.6 cm³/mol. The summed E-state index contributed by atoms with van der Waals surface area (Å²) in [5, 5.41) is 11.3. The number of ketones is 1. The number of hydrogen-bond donors (Lipinski definition) is 2. The van der Waals surface area contributed by atoms with Gasteiger partial charge in [0.2, 0.25) is 0 Å². The van der Waals surface area contributed by atoms with Crippen LogP contribution < -0.4 is 5.32 Å². The largest absolute Gasteiger partial charge is 0.395 e. The Labute approximate surface area is 85.3 Å². The minimum absolute atomic E-state index is 0.00495. The third-order valence-electron chi connectivity index (χ3n) is 1.42. The highest BCUT2D eigenvalue weighted by Gasteiger charge is 2.07. The smallest absolute Gasteiger partial charge is 0.186 e. The van der Waals surface area contributed by atoms with Crippen molar-refractivity contribution in [1.29, 1.82) is 0 Å². The van der Waals surface area contributed by atoms with Crippen LogP contribution in [0.1, 0.15) is 9.67 Å². The summed E-state index contributed by atoms with van der Waals surface area (Å²) in [6, 6.07) is 3.40. The van der Waals surface area contributed by atoms with Crippen LogP contribution in [-0.2, 0) is 0 Å². The Bertz CT molecular complexity index is 287. The number of hydrogen-bond acceptors (Lipinski definition) is 4. The molecule has 0 amide bonds. The van der Waals surface area contributed by atoms with Crippen LogP contribution in [0.25, 0.3) is 0 Å². The molecule has 3 nitrogen and oxygen atoms in total. The number of aliphatic hydroxyl groups is 1. The second-order valence-corrected chi connectivity index (χ2v) is 4.14. The molecule has 0 spiro atoms. The summed E-state index contributed by atoms with van der Waals surface area (Å²) in [7, 11) is 0. The molecule has 0 atom stereocenters. The minimum Gasteiger partial charge on any atom is -0.395 e. The highest BCUT2D eigenvalue weighted by Crippen LogP contribution is 2.21. The maximum atomic E-state index is 11.3.